The van der Waals surface area contributed by atoms with Crippen molar-refractivity contribution in [3.63, 3.8) is 0 Å². The van der Waals surface area contributed by atoms with E-state index in [4.69, 9.17) is 4.42 Å². The number of aryl methyl sites for hydroxylation is 1. The Morgan fingerprint density at radius 3 is 2.50 bits per heavy atom. The molecule has 1 N–H and O–H groups in total. The van der Waals surface area contributed by atoms with E-state index in [1.165, 1.54) is 0 Å². The molecule has 0 radical (unpaired) electrons. The molecule has 2 fully saturated rings. The van der Waals surface area contributed by atoms with Crippen LogP contribution in [0.2, 0.25) is 0 Å². The second kappa shape index (κ2) is 6.34. The zero-order valence-electron chi connectivity index (χ0n) is 13.4. The minimum absolute atomic E-state index is 0.0912. The monoisotopic (exact) mass is 326 g/mol. The van der Waals surface area contributed by atoms with Crippen LogP contribution in [0.1, 0.15) is 57.1 Å². The van der Waals surface area contributed by atoms with Crippen molar-refractivity contribution >= 4 is 10.0 Å². The topological polar surface area (TPSA) is 62.6 Å². The highest BCUT2D eigenvalue weighted by atomic mass is 32.2. The first-order valence-electron chi connectivity index (χ1n) is 8.34. The van der Waals surface area contributed by atoms with Crippen LogP contribution in [-0.2, 0) is 16.4 Å². The summed E-state index contributed by atoms with van der Waals surface area (Å²) in [5, 5.41) is 3.48. The van der Waals surface area contributed by atoms with Crippen molar-refractivity contribution in [1.29, 1.82) is 0 Å². The first-order chi connectivity index (χ1) is 10.5. The van der Waals surface area contributed by atoms with Crippen LogP contribution >= 0.6 is 0 Å². The summed E-state index contributed by atoms with van der Waals surface area (Å²) in [4.78, 5) is 0. The van der Waals surface area contributed by atoms with Gasteiger partial charge in [-0.1, -0.05) is 6.92 Å². The summed E-state index contributed by atoms with van der Waals surface area (Å²) in [6.07, 6.45) is 4.34. The molecular formula is C16H26N2O3S. The Hall–Kier alpha value is -0.850. The molecule has 0 amide bonds. The third kappa shape index (κ3) is 3.39. The Morgan fingerprint density at radius 2 is 1.95 bits per heavy atom. The smallest absolute Gasteiger partial charge is 0.216 e. The van der Waals surface area contributed by atoms with Gasteiger partial charge in [0, 0.05) is 25.6 Å². The molecule has 1 aromatic heterocycles. The fraction of sp³-hybridized carbons (Fsp3) is 0.750. The molecule has 1 aromatic rings. The highest BCUT2D eigenvalue weighted by molar-refractivity contribution is 7.90. The van der Waals surface area contributed by atoms with Gasteiger partial charge in [0.05, 0.1) is 11.3 Å². The summed E-state index contributed by atoms with van der Waals surface area (Å²) < 4.78 is 31.9. The second-order valence-electron chi connectivity index (χ2n) is 6.46. The van der Waals surface area contributed by atoms with Crippen LogP contribution in [0.4, 0.5) is 0 Å². The summed E-state index contributed by atoms with van der Waals surface area (Å²) in [6, 6.07) is 4.58. The normalized spacial score (nSPS) is 22.8. The zero-order valence-corrected chi connectivity index (χ0v) is 14.2. The van der Waals surface area contributed by atoms with Gasteiger partial charge >= 0.3 is 0 Å². The van der Waals surface area contributed by atoms with E-state index in [1.54, 1.807) is 4.31 Å². The lowest BCUT2D eigenvalue weighted by Crippen LogP contribution is -2.46. The SMILES string of the molecule is CCc1ccc([C@H](C)NC2CCN(S(=O)(=O)C3CC3)CC2)o1. The highest BCUT2D eigenvalue weighted by Gasteiger charge is 2.41. The van der Waals surface area contributed by atoms with Gasteiger partial charge in [0.1, 0.15) is 11.5 Å². The number of rotatable bonds is 6. The largest absolute Gasteiger partial charge is 0.464 e. The van der Waals surface area contributed by atoms with Gasteiger partial charge in [-0.25, -0.2) is 12.7 Å². The van der Waals surface area contributed by atoms with Gasteiger partial charge < -0.3 is 9.73 Å². The third-order valence-electron chi connectivity index (χ3n) is 4.70. The van der Waals surface area contributed by atoms with Crippen LogP contribution in [0.25, 0.3) is 0 Å². The van der Waals surface area contributed by atoms with Gasteiger partial charge in [-0.3, -0.25) is 0 Å². The summed E-state index contributed by atoms with van der Waals surface area (Å²) in [5.41, 5.74) is 0. The van der Waals surface area contributed by atoms with E-state index in [2.05, 4.69) is 19.2 Å². The molecule has 0 bridgehead atoms. The lowest BCUT2D eigenvalue weighted by atomic mass is 10.1. The Labute approximate surface area is 133 Å². The summed E-state index contributed by atoms with van der Waals surface area (Å²) in [7, 11) is -3.01. The van der Waals surface area contributed by atoms with Crippen molar-refractivity contribution in [2.24, 2.45) is 0 Å². The molecule has 0 unspecified atom stereocenters. The maximum atomic E-state index is 12.2. The van der Waals surface area contributed by atoms with Crippen LogP contribution < -0.4 is 5.32 Å². The maximum Gasteiger partial charge on any atom is 0.216 e. The Bertz CT molecular complexity index is 599. The van der Waals surface area contributed by atoms with E-state index < -0.39 is 10.0 Å². The van der Waals surface area contributed by atoms with Gasteiger partial charge in [0.25, 0.3) is 0 Å². The minimum atomic E-state index is -3.01. The number of hydrogen-bond acceptors (Lipinski definition) is 4. The summed E-state index contributed by atoms with van der Waals surface area (Å²) >= 11 is 0. The molecule has 2 heterocycles. The van der Waals surface area contributed by atoms with E-state index in [-0.39, 0.29) is 11.3 Å². The van der Waals surface area contributed by atoms with Crippen molar-refractivity contribution in [1.82, 2.24) is 9.62 Å². The minimum Gasteiger partial charge on any atom is -0.464 e. The first kappa shape index (κ1) is 16.0. The zero-order chi connectivity index (χ0) is 15.7. The number of sulfonamides is 1. The quantitative estimate of drug-likeness (QED) is 0.872. The van der Waals surface area contributed by atoms with Gasteiger partial charge in [-0.05, 0) is 44.7 Å². The molecule has 1 saturated heterocycles. The molecule has 0 aromatic carbocycles. The van der Waals surface area contributed by atoms with Crippen molar-refractivity contribution in [3.05, 3.63) is 23.7 Å². The molecule has 0 spiro atoms. The predicted octanol–water partition coefficient (Wildman–Crippen LogP) is 2.45. The fourth-order valence-corrected chi connectivity index (χ4v) is 4.98. The first-order valence-corrected chi connectivity index (χ1v) is 9.84. The Morgan fingerprint density at radius 1 is 1.27 bits per heavy atom. The number of piperidine rings is 1. The summed E-state index contributed by atoms with van der Waals surface area (Å²) in [6.45, 7) is 5.46. The molecule has 2 aliphatic rings. The van der Waals surface area contributed by atoms with Crippen LogP contribution in [0, 0.1) is 0 Å². The lowest BCUT2D eigenvalue weighted by molar-refractivity contribution is 0.267. The molecule has 5 nitrogen and oxygen atoms in total. The van der Waals surface area contributed by atoms with Crippen LogP contribution in [0.3, 0.4) is 0 Å². The standard InChI is InChI=1S/C16H26N2O3S/c1-3-14-4-7-16(21-14)12(2)17-13-8-10-18(11-9-13)22(19,20)15-5-6-15/h4,7,12-13,15,17H,3,5-6,8-11H2,1-2H3/t12-/m0/s1. The van der Waals surface area contributed by atoms with E-state index in [9.17, 15) is 8.42 Å². The van der Waals surface area contributed by atoms with E-state index in [1.807, 2.05) is 12.1 Å². The van der Waals surface area contributed by atoms with Crippen molar-refractivity contribution in [3.8, 4) is 0 Å². The molecule has 1 saturated carbocycles. The average Bonchev–Trinajstić information content (AvgIpc) is 3.26. The molecule has 1 aliphatic carbocycles. The van der Waals surface area contributed by atoms with E-state index >= 15 is 0 Å². The molecule has 3 rings (SSSR count). The van der Waals surface area contributed by atoms with Crippen LogP contribution in [-0.4, -0.2) is 37.1 Å². The second-order valence-corrected chi connectivity index (χ2v) is 8.68. The lowest BCUT2D eigenvalue weighted by Gasteiger charge is -2.33. The highest BCUT2D eigenvalue weighted by Crippen LogP contribution is 2.32. The third-order valence-corrected chi connectivity index (χ3v) is 7.10. The fourth-order valence-electron chi connectivity index (χ4n) is 3.11. The van der Waals surface area contributed by atoms with Gasteiger partial charge in [-0.2, -0.15) is 0 Å². The number of hydrogen-bond donors (Lipinski definition) is 1. The van der Waals surface area contributed by atoms with Crippen molar-refractivity contribution < 1.29 is 12.8 Å². The number of furan rings is 1. The Kier molecular flexibility index (Phi) is 4.61. The predicted molar refractivity (Wildman–Crippen MR) is 86.2 cm³/mol. The van der Waals surface area contributed by atoms with Gasteiger partial charge in [-0.15, -0.1) is 0 Å². The molecule has 124 valence electrons. The van der Waals surface area contributed by atoms with Crippen molar-refractivity contribution in [2.45, 2.75) is 63.3 Å². The molecule has 1 aliphatic heterocycles. The number of nitrogens with zero attached hydrogens (tertiary/aromatic N) is 1. The van der Waals surface area contributed by atoms with Gasteiger partial charge in [0.15, 0.2) is 0 Å². The Balaban J connectivity index is 1.51. The maximum absolute atomic E-state index is 12.2. The van der Waals surface area contributed by atoms with E-state index in [0.717, 1.165) is 43.6 Å². The van der Waals surface area contributed by atoms with Crippen molar-refractivity contribution in [2.75, 3.05) is 13.1 Å². The molecule has 22 heavy (non-hydrogen) atoms. The average molecular weight is 326 g/mol. The molecule has 1 atom stereocenters. The summed E-state index contributed by atoms with van der Waals surface area (Å²) in [5.74, 6) is 1.97. The molecule has 6 heteroatoms. The molecular weight excluding hydrogens is 300 g/mol. The van der Waals surface area contributed by atoms with Crippen LogP contribution in [0.15, 0.2) is 16.5 Å². The van der Waals surface area contributed by atoms with Gasteiger partial charge in [0.2, 0.25) is 10.0 Å². The van der Waals surface area contributed by atoms with Crippen LogP contribution in [0.5, 0.6) is 0 Å². The number of nitrogens with one attached hydrogen (secondary N) is 1. The van der Waals surface area contributed by atoms with E-state index in [0.29, 0.717) is 19.1 Å².